The summed E-state index contributed by atoms with van der Waals surface area (Å²) in [4.78, 5) is 12.0. The quantitative estimate of drug-likeness (QED) is 0.627. The number of hydrazone groups is 1. The van der Waals surface area contributed by atoms with Crippen molar-refractivity contribution in [2.45, 2.75) is 13.0 Å². The normalized spacial score (nSPS) is 11.5. The number of amides is 1. The average Bonchev–Trinajstić information content (AvgIpc) is 2.61. The third-order valence-corrected chi connectivity index (χ3v) is 3.01. The third-order valence-electron chi connectivity index (χ3n) is 3.01. The Morgan fingerprint density at radius 2 is 1.96 bits per heavy atom. The predicted molar refractivity (Wildman–Crippen MR) is 89.8 cm³/mol. The summed E-state index contributed by atoms with van der Waals surface area (Å²) in [5.74, 6) is 0.760. The molecule has 0 aliphatic carbocycles. The molecule has 0 aromatic heterocycles. The number of ether oxygens (including phenoxy) is 2. The Balaban J connectivity index is 1.91. The van der Waals surface area contributed by atoms with Gasteiger partial charge in [0.2, 0.25) is 0 Å². The standard InChI is InChI=1S/C18H17N3O3/c1-14(24-16-8-3-2-4-9-16)18(22)21-20-13-15-7-5-6-10-17(15)23-12-11-19/h2-10,13-14H,12H2,1H3,(H,21,22)/b20-13-/t14-/m1/s1. The molecule has 24 heavy (non-hydrogen) atoms. The lowest BCUT2D eigenvalue weighted by Gasteiger charge is -2.12. The van der Waals surface area contributed by atoms with Gasteiger partial charge in [-0.05, 0) is 31.2 Å². The maximum Gasteiger partial charge on any atom is 0.280 e. The van der Waals surface area contributed by atoms with Crippen molar-refractivity contribution in [3.05, 3.63) is 60.2 Å². The molecule has 0 saturated heterocycles. The number of para-hydroxylation sites is 2. The molecule has 0 radical (unpaired) electrons. The second-order valence-corrected chi connectivity index (χ2v) is 4.79. The van der Waals surface area contributed by atoms with Crippen LogP contribution in [0.1, 0.15) is 12.5 Å². The fourth-order valence-electron chi connectivity index (χ4n) is 1.84. The summed E-state index contributed by atoms with van der Waals surface area (Å²) >= 11 is 0. The topological polar surface area (TPSA) is 83.7 Å². The Kier molecular flexibility index (Phi) is 6.35. The van der Waals surface area contributed by atoms with Crippen LogP contribution in [-0.4, -0.2) is 24.8 Å². The minimum absolute atomic E-state index is 0.0564. The zero-order valence-electron chi connectivity index (χ0n) is 13.2. The molecular formula is C18H17N3O3. The van der Waals surface area contributed by atoms with Crippen molar-refractivity contribution in [2.75, 3.05) is 6.61 Å². The van der Waals surface area contributed by atoms with E-state index in [1.807, 2.05) is 30.3 Å². The van der Waals surface area contributed by atoms with Crippen molar-refractivity contribution < 1.29 is 14.3 Å². The first-order valence-corrected chi connectivity index (χ1v) is 7.34. The lowest BCUT2D eigenvalue weighted by Crippen LogP contribution is -2.33. The van der Waals surface area contributed by atoms with Crippen LogP contribution in [0.15, 0.2) is 59.7 Å². The predicted octanol–water partition coefficient (Wildman–Crippen LogP) is 2.51. The van der Waals surface area contributed by atoms with Crippen LogP contribution in [0.5, 0.6) is 11.5 Å². The monoisotopic (exact) mass is 323 g/mol. The molecule has 0 aliphatic heterocycles. The van der Waals surface area contributed by atoms with E-state index in [-0.39, 0.29) is 12.5 Å². The highest BCUT2D eigenvalue weighted by atomic mass is 16.5. The second-order valence-electron chi connectivity index (χ2n) is 4.79. The van der Waals surface area contributed by atoms with Crippen molar-refractivity contribution in [2.24, 2.45) is 5.10 Å². The van der Waals surface area contributed by atoms with Crippen LogP contribution in [0.3, 0.4) is 0 Å². The molecule has 0 bridgehead atoms. The van der Waals surface area contributed by atoms with Gasteiger partial charge in [0.25, 0.3) is 5.91 Å². The van der Waals surface area contributed by atoms with Crippen LogP contribution in [-0.2, 0) is 4.79 Å². The van der Waals surface area contributed by atoms with E-state index in [9.17, 15) is 4.79 Å². The molecule has 122 valence electrons. The van der Waals surface area contributed by atoms with Gasteiger partial charge in [0.1, 0.15) is 17.6 Å². The van der Waals surface area contributed by atoms with Crippen LogP contribution < -0.4 is 14.9 Å². The van der Waals surface area contributed by atoms with Crippen LogP contribution in [0.25, 0.3) is 0 Å². The number of rotatable bonds is 7. The summed E-state index contributed by atoms with van der Waals surface area (Å²) < 4.78 is 10.8. The molecular weight excluding hydrogens is 306 g/mol. The molecule has 1 amide bonds. The van der Waals surface area contributed by atoms with Gasteiger partial charge < -0.3 is 9.47 Å². The van der Waals surface area contributed by atoms with Gasteiger partial charge in [-0.3, -0.25) is 4.79 Å². The maximum atomic E-state index is 12.0. The molecule has 0 saturated carbocycles. The first-order chi connectivity index (χ1) is 11.7. The Morgan fingerprint density at radius 3 is 2.71 bits per heavy atom. The zero-order chi connectivity index (χ0) is 17.2. The lowest BCUT2D eigenvalue weighted by molar-refractivity contribution is -0.127. The molecule has 2 rings (SSSR count). The summed E-state index contributed by atoms with van der Waals surface area (Å²) in [5, 5.41) is 12.5. The number of nitriles is 1. The highest BCUT2D eigenvalue weighted by molar-refractivity contribution is 5.86. The molecule has 0 spiro atoms. The van der Waals surface area contributed by atoms with Gasteiger partial charge in [0.05, 0.1) is 6.21 Å². The summed E-state index contributed by atoms with van der Waals surface area (Å²) in [6.07, 6.45) is 0.773. The molecule has 1 atom stereocenters. The molecule has 1 N–H and O–H groups in total. The van der Waals surface area contributed by atoms with Gasteiger partial charge in [0.15, 0.2) is 12.7 Å². The number of nitrogens with zero attached hydrogens (tertiary/aromatic N) is 2. The van der Waals surface area contributed by atoms with Gasteiger partial charge in [-0.25, -0.2) is 5.43 Å². The van der Waals surface area contributed by atoms with E-state index in [0.29, 0.717) is 17.1 Å². The number of carbonyl (C=O) groups is 1. The van der Waals surface area contributed by atoms with Crippen LogP contribution in [0, 0.1) is 11.3 Å². The molecule has 0 unspecified atom stereocenters. The largest absolute Gasteiger partial charge is 0.481 e. The summed E-state index contributed by atoms with van der Waals surface area (Å²) in [5.41, 5.74) is 3.08. The number of hydrogen-bond acceptors (Lipinski definition) is 5. The molecule has 0 aliphatic rings. The van der Waals surface area contributed by atoms with Gasteiger partial charge in [-0.1, -0.05) is 30.3 Å². The highest BCUT2D eigenvalue weighted by Crippen LogP contribution is 2.15. The fraction of sp³-hybridized carbons (Fsp3) is 0.167. The summed E-state index contributed by atoms with van der Waals surface area (Å²) in [7, 11) is 0. The number of benzene rings is 2. The number of carbonyl (C=O) groups excluding carboxylic acids is 1. The molecule has 6 nitrogen and oxygen atoms in total. The smallest absolute Gasteiger partial charge is 0.280 e. The molecule has 2 aromatic carbocycles. The van der Waals surface area contributed by atoms with E-state index < -0.39 is 6.10 Å². The van der Waals surface area contributed by atoms with Crippen molar-refractivity contribution >= 4 is 12.1 Å². The van der Waals surface area contributed by atoms with Crippen molar-refractivity contribution in [3.8, 4) is 17.6 Å². The summed E-state index contributed by atoms with van der Waals surface area (Å²) in [6, 6.07) is 18.1. The van der Waals surface area contributed by atoms with Crippen molar-refractivity contribution in [1.29, 1.82) is 5.26 Å². The van der Waals surface area contributed by atoms with E-state index in [4.69, 9.17) is 14.7 Å². The Hall–Kier alpha value is -3.33. The van der Waals surface area contributed by atoms with Crippen LogP contribution in [0.2, 0.25) is 0 Å². The minimum Gasteiger partial charge on any atom is -0.481 e. The number of hydrogen-bond donors (Lipinski definition) is 1. The van der Waals surface area contributed by atoms with E-state index in [1.54, 1.807) is 37.3 Å². The minimum atomic E-state index is -0.686. The lowest BCUT2D eigenvalue weighted by atomic mass is 10.2. The Morgan fingerprint density at radius 1 is 1.25 bits per heavy atom. The van der Waals surface area contributed by atoms with Crippen LogP contribution >= 0.6 is 0 Å². The first kappa shape index (κ1) is 17.0. The molecule has 6 heteroatoms. The van der Waals surface area contributed by atoms with E-state index in [2.05, 4.69) is 10.5 Å². The Bertz CT molecular complexity index is 739. The highest BCUT2D eigenvalue weighted by Gasteiger charge is 2.13. The zero-order valence-corrected chi connectivity index (χ0v) is 13.2. The van der Waals surface area contributed by atoms with Gasteiger partial charge in [-0.2, -0.15) is 10.4 Å². The van der Waals surface area contributed by atoms with Crippen molar-refractivity contribution in [1.82, 2.24) is 5.43 Å². The molecule has 2 aromatic rings. The molecule has 0 fully saturated rings. The van der Waals surface area contributed by atoms with Gasteiger partial charge in [0, 0.05) is 5.56 Å². The van der Waals surface area contributed by atoms with E-state index >= 15 is 0 Å². The first-order valence-electron chi connectivity index (χ1n) is 7.34. The molecule has 0 heterocycles. The fourth-order valence-corrected chi connectivity index (χ4v) is 1.84. The summed E-state index contributed by atoms with van der Waals surface area (Å²) in [6.45, 7) is 1.58. The van der Waals surface area contributed by atoms with Gasteiger partial charge in [-0.15, -0.1) is 0 Å². The number of nitrogens with one attached hydrogen (secondary N) is 1. The van der Waals surface area contributed by atoms with Crippen molar-refractivity contribution in [3.63, 3.8) is 0 Å². The van der Waals surface area contributed by atoms with E-state index in [1.165, 1.54) is 6.21 Å². The maximum absolute atomic E-state index is 12.0. The van der Waals surface area contributed by atoms with Gasteiger partial charge >= 0.3 is 0 Å². The Labute approximate surface area is 140 Å². The SMILES string of the molecule is C[C@@H](Oc1ccccc1)C(=O)N/N=C\c1ccccc1OCC#N. The third kappa shape index (κ3) is 5.14. The van der Waals surface area contributed by atoms with Crippen LogP contribution in [0.4, 0.5) is 0 Å². The second kappa shape index (κ2) is 8.96. The average molecular weight is 323 g/mol. The van der Waals surface area contributed by atoms with E-state index in [0.717, 1.165) is 0 Å².